The second-order valence-electron chi connectivity index (χ2n) is 6.28. The van der Waals surface area contributed by atoms with Crippen molar-refractivity contribution in [3.05, 3.63) is 0 Å². The first-order valence-electron chi connectivity index (χ1n) is 6.71. The Kier molecular flexibility index (Phi) is 2.67. The molecule has 0 amide bonds. The zero-order valence-electron chi connectivity index (χ0n) is 10.1. The predicted octanol–water partition coefficient (Wildman–Crippen LogP) is 1.38. The normalized spacial score (nSPS) is 44.9. The molecule has 96 valence electrons. The van der Waals surface area contributed by atoms with Crippen molar-refractivity contribution in [2.45, 2.75) is 50.2 Å². The minimum absolute atomic E-state index is 0.0804. The number of ether oxygens (including phenoxy) is 1. The summed E-state index contributed by atoms with van der Waals surface area (Å²) in [5.74, 6) is 1.40. The SMILES string of the molecule is NCC(OC12CC3CC(CC(C3)C1)C2)C(=O)O. The van der Waals surface area contributed by atoms with E-state index in [0.29, 0.717) is 0 Å². The van der Waals surface area contributed by atoms with Crippen LogP contribution in [-0.2, 0) is 9.53 Å². The molecule has 4 bridgehead atoms. The van der Waals surface area contributed by atoms with Crippen LogP contribution in [-0.4, -0.2) is 29.3 Å². The molecule has 4 aliphatic carbocycles. The lowest BCUT2D eigenvalue weighted by molar-refractivity contribution is -0.198. The van der Waals surface area contributed by atoms with Crippen LogP contribution in [0, 0.1) is 17.8 Å². The van der Waals surface area contributed by atoms with Crippen LogP contribution in [0.5, 0.6) is 0 Å². The summed E-state index contributed by atoms with van der Waals surface area (Å²) >= 11 is 0. The van der Waals surface area contributed by atoms with Gasteiger partial charge in [-0.1, -0.05) is 0 Å². The number of carboxylic acids is 1. The van der Waals surface area contributed by atoms with Crippen molar-refractivity contribution in [3.8, 4) is 0 Å². The first kappa shape index (κ1) is 11.5. The third-order valence-corrected chi connectivity index (χ3v) is 4.86. The van der Waals surface area contributed by atoms with Gasteiger partial charge in [-0.15, -0.1) is 0 Å². The number of hydrogen-bond acceptors (Lipinski definition) is 3. The molecule has 0 aliphatic heterocycles. The van der Waals surface area contributed by atoms with Gasteiger partial charge in [-0.2, -0.15) is 0 Å². The fourth-order valence-electron chi connectivity index (χ4n) is 4.68. The first-order valence-corrected chi connectivity index (χ1v) is 6.71. The van der Waals surface area contributed by atoms with Gasteiger partial charge in [0.1, 0.15) is 0 Å². The van der Waals surface area contributed by atoms with Gasteiger partial charge < -0.3 is 15.6 Å². The van der Waals surface area contributed by atoms with Gasteiger partial charge in [0, 0.05) is 6.54 Å². The Balaban J connectivity index is 1.75. The standard InChI is InChI=1S/C13H21NO3/c14-7-11(12(15)16)17-13-4-8-1-9(5-13)3-10(2-8)6-13/h8-11H,1-7,14H2,(H,15,16). The second-order valence-corrected chi connectivity index (χ2v) is 6.28. The third kappa shape index (κ3) is 1.97. The fraction of sp³-hybridized carbons (Fsp3) is 0.923. The van der Waals surface area contributed by atoms with Crippen molar-refractivity contribution in [2.75, 3.05) is 6.54 Å². The van der Waals surface area contributed by atoms with E-state index in [1.54, 1.807) is 0 Å². The molecule has 0 radical (unpaired) electrons. The zero-order valence-corrected chi connectivity index (χ0v) is 10.1. The van der Waals surface area contributed by atoms with E-state index < -0.39 is 12.1 Å². The molecule has 4 saturated carbocycles. The Labute approximate surface area is 102 Å². The number of aliphatic carboxylic acids is 1. The molecule has 3 N–H and O–H groups in total. The van der Waals surface area contributed by atoms with Gasteiger partial charge in [-0.05, 0) is 56.3 Å². The van der Waals surface area contributed by atoms with Crippen LogP contribution >= 0.6 is 0 Å². The molecule has 0 spiro atoms. The van der Waals surface area contributed by atoms with Gasteiger partial charge in [0.25, 0.3) is 0 Å². The minimum Gasteiger partial charge on any atom is -0.479 e. The number of rotatable bonds is 4. The number of carboxylic acid groups (broad SMARTS) is 1. The van der Waals surface area contributed by atoms with Gasteiger partial charge in [0.15, 0.2) is 6.10 Å². The molecule has 0 saturated heterocycles. The highest BCUT2D eigenvalue weighted by atomic mass is 16.5. The zero-order chi connectivity index (χ0) is 12.0. The summed E-state index contributed by atoms with van der Waals surface area (Å²) in [5.41, 5.74) is 5.34. The highest BCUT2D eigenvalue weighted by molar-refractivity contribution is 5.72. The summed E-state index contributed by atoms with van der Waals surface area (Å²) in [4.78, 5) is 11.0. The lowest BCUT2D eigenvalue weighted by Crippen LogP contribution is -2.55. The van der Waals surface area contributed by atoms with E-state index >= 15 is 0 Å². The molecule has 4 rings (SSSR count). The smallest absolute Gasteiger partial charge is 0.334 e. The van der Waals surface area contributed by atoms with Crippen molar-refractivity contribution in [2.24, 2.45) is 23.5 Å². The topological polar surface area (TPSA) is 72.5 Å². The molecule has 1 atom stereocenters. The van der Waals surface area contributed by atoms with Gasteiger partial charge in [-0.25, -0.2) is 4.79 Å². The van der Waals surface area contributed by atoms with Crippen LogP contribution in [0.1, 0.15) is 38.5 Å². The molecule has 0 aromatic carbocycles. The van der Waals surface area contributed by atoms with E-state index in [-0.39, 0.29) is 12.1 Å². The molecule has 0 aromatic heterocycles. The Morgan fingerprint density at radius 3 is 2.06 bits per heavy atom. The van der Waals surface area contributed by atoms with E-state index in [1.807, 2.05) is 0 Å². The van der Waals surface area contributed by atoms with Crippen LogP contribution in [0.2, 0.25) is 0 Å². The van der Waals surface area contributed by atoms with Crippen molar-refractivity contribution in [1.29, 1.82) is 0 Å². The summed E-state index contributed by atoms with van der Waals surface area (Å²) in [6.07, 6.45) is 6.37. The maximum atomic E-state index is 11.0. The predicted molar refractivity (Wildman–Crippen MR) is 62.5 cm³/mol. The monoisotopic (exact) mass is 239 g/mol. The van der Waals surface area contributed by atoms with Crippen LogP contribution in [0.25, 0.3) is 0 Å². The Hall–Kier alpha value is -0.610. The number of nitrogens with two attached hydrogens (primary N) is 1. The highest BCUT2D eigenvalue weighted by Gasteiger charge is 2.52. The average Bonchev–Trinajstić information content (AvgIpc) is 2.23. The van der Waals surface area contributed by atoms with E-state index in [0.717, 1.165) is 37.0 Å². The maximum Gasteiger partial charge on any atom is 0.334 e. The van der Waals surface area contributed by atoms with Crippen LogP contribution < -0.4 is 5.73 Å². The van der Waals surface area contributed by atoms with Crippen molar-refractivity contribution in [1.82, 2.24) is 0 Å². The summed E-state index contributed by atoms with van der Waals surface area (Å²) in [6, 6.07) is 0. The van der Waals surface area contributed by atoms with E-state index in [4.69, 9.17) is 15.6 Å². The molecule has 1 unspecified atom stereocenters. The minimum atomic E-state index is -0.914. The second kappa shape index (κ2) is 3.95. The lowest BCUT2D eigenvalue weighted by Gasteiger charge is -2.56. The molecular formula is C13H21NO3. The van der Waals surface area contributed by atoms with Gasteiger partial charge in [-0.3, -0.25) is 0 Å². The number of hydrogen-bond donors (Lipinski definition) is 2. The van der Waals surface area contributed by atoms with Gasteiger partial charge in [0.05, 0.1) is 5.60 Å². The van der Waals surface area contributed by atoms with Gasteiger partial charge in [0.2, 0.25) is 0 Å². The summed E-state index contributed by atoms with van der Waals surface area (Å²) in [6.45, 7) is 0.0804. The Morgan fingerprint density at radius 1 is 1.24 bits per heavy atom. The Morgan fingerprint density at radius 2 is 1.71 bits per heavy atom. The largest absolute Gasteiger partial charge is 0.479 e. The highest BCUT2D eigenvalue weighted by Crippen LogP contribution is 2.57. The van der Waals surface area contributed by atoms with Crippen LogP contribution in [0.4, 0.5) is 0 Å². The summed E-state index contributed by atoms with van der Waals surface area (Å²) in [5, 5.41) is 9.07. The molecule has 4 fully saturated rings. The molecule has 4 heteroatoms. The van der Waals surface area contributed by atoms with E-state index in [2.05, 4.69) is 0 Å². The van der Waals surface area contributed by atoms with Crippen molar-refractivity contribution in [3.63, 3.8) is 0 Å². The van der Waals surface area contributed by atoms with Crippen LogP contribution in [0.3, 0.4) is 0 Å². The van der Waals surface area contributed by atoms with Gasteiger partial charge >= 0.3 is 5.97 Å². The Bertz CT molecular complexity index is 293. The molecule has 4 aliphatic rings. The quantitative estimate of drug-likeness (QED) is 0.777. The fourth-order valence-corrected chi connectivity index (χ4v) is 4.68. The van der Waals surface area contributed by atoms with Crippen molar-refractivity contribution < 1.29 is 14.6 Å². The first-order chi connectivity index (χ1) is 8.10. The molecular weight excluding hydrogens is 218 g/mol. The third-order valence-electron chi connectivity index (χ3n) is 4.86. The molecule has 17 heavy (non-hydrogen) atoms. The molecule has 4 nitrogen and oxygen atoms in total. The number of carbonyl (C=O) groups is 1. The van der Waals surface area contributed by atoms with Crippen molar-refractivity contribution >= 4 is 5.97 Å². The van der Waals surface area contributed by atoms with Crippen LogP contribution in [0.15, 0.2) is 0 Å². The molecule has 0 heterocycles. The lowest BCUT2D eigenvalue weighted by atomic mass is 9.54. The molecule has 0 aromatic rings. The van der Waals surface area contributed by atoms with E-state index in [9.17, 15) is 4.79 Å². The average molecular weight is 239 g/mol. The summed E-state index contributed by atoms with van der Waals surface area (Å²) in [7, 11) is 0. The van der Waals surface area contributed by atoms with E-state index in [1.165, 1.54) is 19.3 Å². The maximum absolute atomic E-state index is 11.0. The summed E-state index contributed by atoms with van der Waals surface area (Å²) < 4.78 is 5.94.